The maximum absolute atomic E-state index is 10.9. The molecule has 0 saturated carbocycles. The average molecular weight is 390 g/mol. The van der Waals surface area contributed by atoms with E-state index in [0.717, 1.165) is 18.3 Å². The minimum Gasteiger partial charge on any atom is -0.504 e. The third-order valence-electron chi connectivity index (χ3n) is 3.26. The van der Waals surface area contributed by atoms with Crippen molar-refractivity contribution in [2.24, 2.45) is 5.10 Å². The van der Waals surface area contributed by atoms with E-state index in [2.05, 4.69) is 15.8 Å². The van der Waals surface area contributed by atoms with E-state index < -0.39 is 10.9 Å². The Bertz CT molecular complexity index is 931. The number of nitrogens with one attached hydrogen (secondary N) is 2. The summed E-state index contributed by atoms with van der Waals surface area (Å²) in [6, 6.07) is 8.18. The van der Waals surface area contributed by atoms with Crippen LogP contribution in [0.25, 0.3) is 0 Å². The molecule has 0 saturated heterocycles. The number of carboxylic acid groups (broad SMARTS) is 1. The van der Waals surface area contributed by atoms with E-state index in [1.807, 2.05) is 0 Å². The predicted octanol–water partition coefficient (Wildman–Crippen LogP) is 2.33. The summed E-state index contributed by atoms with van der Waals surface area (Å²) in [5, 5.41) is 36.5. The molecule has 0 heterocycles. The second-order valence-electron chi connectivity index (χ2n) is 5.05. The summed E-state index contributed by atoms with van der Waals surface area (Å²) in [4.78, 5) is 21.2. The maximum Gasteiger partial charge on any atom is 0.335 e. The molecule has 0 spiro atoms. The van der Waals surface area contributed by atoms with Gasteiger partial charge in [0.25, 0.3) is 5.69 Å². The van der Waals surface area contributed by atoms with Gasteiger partial charge in [-0.2, -0.15) is 5.10 Å². The fraction of sp³-hybridized carbons (Fsp3) is 0.0625. The van der Waals surface area contributed by atoms with Crippen molar-refractivity contribution in [2.75, 3.05) is 12.4 Å². The highest BCUT2D eigenvalue weighted by Crippen LogP contribution is 2.33. The first kappa shape index (κ1) is 19.6. The molecule has 0 unspecified atom stereocenters. The number of hydrogen-bond donors (Lipinski definition) is 4. The van der Waals surface area contributed by atoms with Crippen molar-refractivity contribution in [3.8, 4) is 11.5 Å². The Balaban J connectivity index is 2.10. The van der Waals surface area contributed by atoms with Crippen LogP contribution in [0.5, 0.6) is 11.5 Å². The summed E-state index contributed by atoms with van der Waals surface area (Å²) >= 11 is 5.03. The number of phenols is 1. The number of anilines is 1. The van der Waals surface area contributed by atoms with Crippen LogP contribution in [0.1, 0.15) is 15.9 Å². The Hall–Kier alpha value is -3.73. The molecule has 27 heavy (non-hydrogen) atoms. The average Bonchev–Trinajstić information content (AvgIpc) is 2.63. The fourth-order valence-electron chi connectivity index (χ4n) is 2.02. The molecular formula is C16H14N4O6S. The number of nitro benzene ring substituents is 1. The number of thiocarbonyl (C=S) groups is 1. The Labute approximate surface area is 158 Å². The van der Waals surface area contributed by atoms with Crippen molar-refractivity contribution in [3.05, 3.63) is 57.6 Å². The zero-order valence-corrected chi connectivity index (χ0v) is 14.7. The molecule has 0 aliphatic heterocycles. The number of nitrogens with zero attached hydrogens (tertiary/aromatic N) is 2. The standard InChI is InChI=1S/C16H14N4O6S/c1-26-13-7-12(20(24)25)6-10(14(13)21)8-17-19-16(27)18-11-4-2-3-9(5-11)15(22)23/h2-8,21H,1H3,(H,22,23)(H2,18,19,27). The molecule has 10 nitrogen and oxygen atoms in total. The number of ether oxygens (including phenoxy) is 1. The van der Waals surface area contributed by atoms with Crippen LogP contribution >= 0.6 is 12.2 Å². The molecular weight excluding hydrogens is 376 g/mol. The number of benzene rings is 2. The number of nitro groups is 1. The van der Waals surface area contributed by atoms with Gasteiger partial charge in [-0.3, -0.25) is 15.5 Å². The Kier molecular flexibility index (Phi) is 6.23. The van der Waals surface area contributed by atoms with Gasteiger partial charge in [-0.25, -0.2) is 4.79 Å². The van der Waals surface area contributed by atoms with Gasteiger partial charge in [0.15, 0.2) is 16.6 Å². The molecule has 11 heteroatoms. The van der Waals surface area contributed by atoms with E-state index in [1.165, 1.54) is 19.2 Å². The second kappa shape index (κ2) is 8.58. The summed E-state index contributed by atoms with van der Waals surface area (Å²) in [7, 11) is 1.27. The first-order chi connectivity index (χ1) is 12.8. The molecule has 0 aliphatic rings. The molecule has 140 valence electrons. The molecule has 0 atom stereocenters. The summed E-state index contributed by atoms with van der Waals surface area (Å²) in [5.74, 6) is -1.47. The Morgan fingerprint density at radius 3 is 2.74 bits per heavy atom. The van der Waals surface area contributed by atoms with Crippen LogP contribution in [0, 0.1) is 10.1 Å². The number of carbonyl (C=O) groups is 1. The number of methoxy groups -OCH3 is 1. The summed E-state index contributed by atoms with van der Waals surface area (Å²) in [6.45, 7) is 0. The van der Waals surface area contributed by atoms with Crippen molar-refractivity contribution in [1.82, 2.24) is 5.43 Å². The highest BCUT2D eigenvalue weighted by Gasteiger charge is 2.15. The molecule has 0 fully saturated rings. The van der Waals surface area contributed by atoms with Crippen molar-refractivity contribution in [2.45, 2.75) is 0 Å². The van der Waals surface area contributed by atoms with Gasteiger partial charge in [0, 0.05) is 17.3 Å². The van der Waals surface area contributed by atoms with Crippen LogP contribution in [-0.4, -0.2) is 39.5 Å². The van der Waals surface area contributed by atoms with Gasteiger partial charge in [0.1, 0.15) is 0 Å². The first-order valence-corrected chi connectivity index (χ1v) is 7.71. The minimum atomic E-state index is -1.08. The number of hydrogen-bond acceptors (Lipinski definition) is 7. The molecule has 0 amide bonds. The van der Waals surface area contributed by atoms with Gasteiger partial charge in [0.05, 0.1) is 29.9 Å². The molecule has 0 aliphatic carbocycles. The van der Waals surface area contributed by atoms with E-state index in [9.17, 15) is 20.0 Å². The molecule has 2 aromatic carbocycles. The van der Waals surface area contributed by atoms with Gasteiger partial charge in [-0.05, 0) is 30.4 Å². The summed E-state index contributed by atoms with van der Waals surface area (Å²) in [6.07, 6.45) is 1.13. The zero-order chi connectivity index (χ0) is 20.0. The normalized spacial score (nSPS) is 10.4. The third kappa shape index (κ3) is 5.12. The molecule has 0 aromatic heterocycles. The summed E-state index contributed by atoms with van der Waals surface area (Å²) < 4.78 is 4.89. The van der Waals surface area contributed by atoms with Crippen molar-refractivity contribution < 1.29 is 24.7 Å². The molecule has 0 radical (unpaired) electrons. The van der Waals surface area contributed by atoms with Crippen LogP contribution < -0.4 is 15.5 Å². The van der Waals surface area contributed by atoms with E-state index in [4.69, 9.17) is 22.1 Å². The lowest BCUT2D eigenvalue weighted by Gasteiger charge is -2.08. The Morgan fingerprint density at radius 2 is 2.11 bits per heavy atom. The van der Waals surface area contributed by atoms with Crippen LogP contribution in [0.2, 0.25) is 0 Å². The lowest BCUT2D eigenvalue weighted by atomic mass is 10.2. The lowest BCUT2D eigenvalue weighted by molar-refractivity contribution is -0.385. The maximum atomic E-state index is 10.9. The highest BCUT2D eigenvalue weighted by atomic mass is 32.1. The monoisotopic (exact) mass is 390 g/mol. The van der Waals surface area contributed by atoms with E-state index >= 15 is 0 Å². The highest BCUT2D eigenvalue weighted by molar-refractivity contribution is 7.80. The van der Waals surface area contributed by atoms with Crippen molar-refractivity contribution in [3.63, 3.8) is 0 Å². The van der Waals surface area contributed by atoms with E-state index in [-0.39, 0.29) is 33.4 Å². The lowest BCUT2D eigenvalue weighted by Crippen LogP contribution is -2.24. The van der Waals surface area contributed by atoms with E-state index in [1.54, 1.807) is 12.1 Å². The Morgan fingerprint density at radius 1 is 1.37 bits per heavy atom. The van der Waals surface area contributed by atoms with Crippen LogP contribution in [0.15, 0.2) is 41.5 Å². The molecule has 2 aromatic rings. The van der Waals surface area contributed by atoms with E-state index in [0.29, 0.717) is 5.69 Å². The van der Waals surface area contributed by atoms with Gasteiger partial charge >= 0.3 is 5.97 Å². The fourth-order valence-corrected chi connectivity index (χ4v) is 2.19. The second-order valence-corrected chi connectivity index (χ2v) is 5.46. The predicted molar refractivity (Wildman–Crippen MR) is 102 cm³/mol. The first-order valence-electron chi connectivity index (χ1n) is 7.30. The number of phenolic OH excluding ortho intramolecular Hbond substituents is 1. The largest absolute Gasteiger partial charge is 0.504 e. The van der Waals surface area contributed by atoms with Crippen molar-refractivity contribution >= 4 is 40.9 Å². The van der Waals surface area contributed by atoms with Crippen LogP contribution in [0.3, 0.4) is 0 Å². The molecule has 0 bridgehead atoms. The van der Waals surface area contributed by atoms with Gasteiger partial charge in [-0.15, -0.1) is 0 Å². The van der Waals surface area contributed by atoms with Gasteiger partial charge < -0.3 is 20.3 Å². The topological polar surface area (TPSA) is 146 Å². The van der Waals surface area contributed by atoms with Crippen molar-refractivity contribution in [1.29, 1.82) is 0 Å². The quantitative estimate of drug-likeness (QED) is 0.252. The molecule has 4 N–H and O–H groups in total. The van der Waals surface area contributed by atoms with Crippen LogP contribution in [-0.2, 0) is 0 Å². The van der Waals surface area contributed by atoms with Crippen LogP contribution in [0.4, 0.5) is 11.4 Å². The number of aromatic hydroxyl groups is 1. The number of rotatable bonds is 6. The smallest absolute Gasteiger partial charge is 0.335 e. The minimum absolute atomic E-state index is 0.0456. The van der Waals surface area contributed by atoms with Gasteiger partial charge in [-0.1, -0.05) is 6.07 Å². The number of carboxylic acids is 1. The van der Waals surface area contributed by atoms with Gasteiger partial charge in [0.2, 0.25) is 0 Å². The molecule has 2 rings (SSSR count). The number of hydrazone groups is 1. The number of aromatic carboxylic acids is 1. The SMILES string of the molecule is COc1cc([N+](=O)[O-])cc(C=NNC(=S)Nc2cccc(C(=O)O)c2)c1O. The zero-order valence-electron chi connectivity index (χ0n) is 13.9. The third-order valence-corrected chi connectivity index (χ3v) is 3.45. The summed E-state index contributed by atoms with van der Waals surface area (Å²) in [5.41, 5.74) is 2.74. The number of non-ortho nitro benzene ring substituents is 1.